The number of hydrogen-bond acceptors (Lipinski definition) is 3. The minimum atomic E-state index is -0.898. The van der Waals surface area contributed by atoms with Crippen molar-refractivity contribution in [3.05, 3.63) is 64.3 Å². The number of pyridine rings is 1. The molecule has 0 fully saturated rings. The van der Waals surface area contributed by atoms with Gasteiger partial charge in [0.1, 0.15) is 0 Å². The molecule has 0 spiro atoms. The molecule has 3 aromatic rings. The lowest BCUT2D eigenvalue weighted by Gasteiger charge is -2.03. The molecular weight excluding hydrogens is 266 g/mol. The number of oxazole rings is 1. The standard InChI is InChI=1S/C14H10F2N2O2/c15-10-4-3-9(8-11(10)16)5-7-18-13-12(20-14(18)19)2-1-6-17-13/h1-4,6,8H,5,7H2. The molecule has 0 aliphatic rings. The third kappa shape index (κ3) is 2.20. The highest BCUT2D eigenvalue weighted by atomic mass is 19.2. The van der Waals surface area contributed by atoms with E-state index in [9.17, 15) is 13.6 Å². The van der Waals surface area contributed by atoms with E-state index in [1.165, 1.54) is 10.6 Å². The van der Waals surface area contributed by atoms with Crippen LogP contribution in [0.3, 0.4) is 0 Å². The van der Waals surface area contributed by atoms with Gasteiger partial charge < -0.3 is 4.42 Å². The third-order valence-electron chi connectivity index (χ3n) is 3.03. The normalized spacial score (nSPS) is 11.1. The van der Waals surface area contributed by atoms with Gasteiger partial charge in [0.25, 0.3) is 0 Å². The number of nitrogens with zero attached hydrogens (tertiary/aromatic N) is 2. The fourth-order valence-corrected chi connectivity index (χ4v) is 2.03. The SMILES string of the molecule is O=c1oc2cccnc2n1CCc1ccc(F)c(F)c1. The Hall–Kier alpha value is -2.50. The van der Waals surface area contributed by atoms with Crippen molar-refractivity contribution in [1.29, 1.82) is 0 Å². The van der Waals surface area contributed by atoms with E-state index in [0.29, 0.717) is 23.2 Å². The van der Waals surface area contributed by atoms with E-state index in [0.717, 1.165) is 12.1 Å². The van der Waals surface area contributed by atoms with E-state index in [2.05, 4.69) is 4.98 Å². The summed E-state index contributed by atoms with van der Waals surface area (Å²) < 4.78 is 32.3. The van der Waals surface area contributed by atoms with Crippen molar-refractivity contribution in [3.63, 3.8) is 0 Å². The molecule has 0 radical (unpaired) electrons. The Labute approximate surface area is 112 Å². The molecular formula is C14H10F2N2O2. The number of rotatable bonds is 3. The summed E-state index contributed by atoms with van der Waals surface area (Å²) >= 11 is 0. The highest BCUT2D eigenvalue weighted by Crippen LogP contribution is 2.12. The molecule has 2 aromatic heterocycles. The van der Waals surface area contributed by atoms with Gasteiger partial charge in [0.15, 0.2) is 22.9 Å². The zero-order chi connectivity index (χ0) is 14.1. The van der Waals surface area contributed by atoms with Crippen LogP contribution in [0.4, 0.5) is 8.78 Å². The fraction of sp³-hybridized carbons (Fsp3) is 0.143. The second-order valence-electron chi connectivity index (χ2n) is 4.34. The molecule has 0 unspecified atom stereocenters. The van der Waals surface area contributed by atoms with Crippen LogP contribution in [0.5, 0.6) is 0 Å². The minimum absolute atomic E-state index is 0.286. The van der Waals surface area contributed by atoms with Crippen LogP contribution in [0.15, 0.2) is 45.7 Å². The van der Waals surface area contributed by atoms with Crippen LogP contribution in [0.25, 0.3) is 11.2 Å². The van der Waals surface area contributed by atoms with E-state index in [4.69, 9.17) is 4.42 Å². The molecule has 4 nitrogen and oxygen atoms in total. The lowest BCUT2D eigenvalue weighted by molar-refractivity contribution is 0.498. The summed E-state index contributed by atoms with van der Waals surface area (Å²) in [5, 5.41) is 0. The maximum atomic E-state index is 13.1. The molecule has 2 heterocycles. The summed E-state index contributed by atoms with van der Waals surface area (Å²) in [5.41, 5.74) is 1.45. The summed E-state index contributed by atoms with van der Waals surface area (Å²) in [5.74, 6) is -2.30. The van der Waals surface area contributed by atoms with E-state index >= 15 is 0 Å². The van der Waals surface area contributed by atoms with Gasteiger partial charge in [0.05, 0.1) is 0 Å². The smallest absolute Gasteiger partial charge is 0.406 e. The van der Waals surface area contributed by atoms with Crippen molar-refractivity contribution in [2.45, 2.75) is 13.0 Å². The second kappa shape index (κ2) is 4.88. The molecule has 0 atom stereocenters. The fourth-order valence-electron chi connectivity index (χ4n) is 2.03. The first-order valence-electron chi connectivity index (χ1n) is 6.03. The molecule has 0 bridgehead atoms. The van der Waals surface area contributed by atoms with Crippen LogP contribution < -0.4 is 5.76 Å². The topological polar surface area (TPSA) is 48.0 Å². The minimum Gasteiger partial charge on any atom is -0.406 e. The van der Waals surface area contributed by atoms with E-state index in [1.807, 2.05) is 0 Å². The Morgan fingerprint density at radius 2 is 2.05 bits per heavy atom. The van der Waals surface area contributed by atoms with E-state index < -0.39 is 17.4 Å². The highest BCUT2D eigenvalue weighted by Gasteiger charge is 2.10. The van der Waals surface area contributed by atoms with Crippen molar-refractivity contribution in [2.75, 3.05) is 0 Å². The summed E-state index contributed by atoms with van der Waals surface area (Å²) in [6, 6.07) is 7.00. The van der Waals surface area contributed by atoms with Crippen LogP contribution in [-0.4, -0.2) is 9.55 Å². The summed E-state index contributed by atoms with van der Waals surface area (Å²) in [6.45, 7) is 0.286. The molecule has 0 aliphatic carbocycles. The predicted molar refractivity (Wildman–Crippen MR) is 68.3 cm³/mol. The Kier molecular flexibility index (Phi) is 3.06. The first-order chi connectivity index (χ1) is 9.65. The molecule has 0 N–H and O–H groups in total. The maximum absolute atomic E-state index is 13.1. The van der Waals surface area contributed by atoms with Crippen molar-refractivity contribution in [3.8, 4) is 0 Å². The van der Waals surface area contributed by atoms with Gasteiger partial charge >= 0.3 is 5.76 Å². The molecule has 0 amide bonds. The van der Waals surface area contributed by atoms with E-state index in [1.54, 1.807) is 18.3 Å². The number of hydrogen-bond donors (Lipinski definition) is 0. The van der Waals surface area contributed by atoms with Crippen molar-refractivity contribution < 1.29 is 13.2 Å². The molecule has 20 heavy (non-hydrogen) atoms. The Morgan fingerprint density at radius 3 is 2.85 bits per heavy atom. The average Bonchev–Trinajstić information content (AvgIpc) is 2.76. The van der Waals surface area contributed by atoms with Crippen LogP contribution in [0, 0.1) is 11.6 Å². The highest BCUT2D eigenvalue weighted by molar-refractivity contribution is 5.67. The zero-order valence-electron chi connectivity index (χ0n) is 10.3. The van der Waals surface area contributed by atoms with Crippen molar-refractivity contribution >= 4 is 11.2 Å². The molecule has 6 heteroatoms. The third-order valence-corrected chi connectivity index (χ3v) is 3.03. The molecule has 0 saturated heterocycles. The van der Waals surface area contributed by atoms with Gasteiger partial charge in [-0.05, 0) is 36.2 Å². The molecule has 102 valence electrons. The summed E-state index contributed by atoms with van der Waals surface area (Å²) in [7, 11) is 0. The van der Waals surface area contributed by atoms with Crippen LogP contribution in [0.1, 0.15) is 5.56 Å². The Bertz CT molecular complexity index is 823. The maximum Gasteiger partial charge on any atom is 0.421 e. The zero-order valence-corrected chi connectivity index (χ0v) is 10.3. The Morgan fingerprint density at radius 1 is 1.20 bits per heavy atom. The Balaban J connectivity index is 1.88. The molecule has 0 aliphatic heterocycles. The van der Waals surface area contributed by atoms with Gasteiger partial charge in [-0.2, -0.15) is 0 Å². The van der Waals surface area contributed by atoms with Gasteiger partial charge in [0, 0.05) is 12.7 Å². The molecule has 3 rings (SSSR count). The first-order valence-corrected chi connectivity index (χ1v) is 6.03. The monoisotopic (exact) mass is 276 g/mol. The molecule has 1 aromatic carbocycles. The van der Waals surface area contributed by atoms with Gasteiger partial charge in [0.2, 0.25) is 0 Å². The van der Waals surface area contributed by atoms with Gasteiger partial charge in [-0.1, -0.05) is 6.07 Å². The first kappa shape index (κ1) is 12.5. The lowest BCUT2D eigenvalue weighted by Crippen LogP contribution is -2.16. The van der Waals surface area contributed by atoms with Gasteiger partial charge in [-0.25, -0.2) is 18.6 Å². The largest absolute Gasteiger partial charge is 0.421 e. The van der Waals surface area contributed by atoms with Crippen molar-refractivity contribution in [1.82, 2.24) is 9.55 Å². The lowest BCUT2D eigenvalue weighted by atomic mass is 10.1. The average molecular weight is 276 g/mol. The van der Waals surface area contributed by atoms with E-state index in [-0.39, 0.29) is 6.54 Å². The van der Waals surface area contributed by atoms with Crippen LogP contribution in [-0.2, 0) is 13.0 Å². The second-order valence-corrected chi connectivity index (χ2v) is 4.34. The molecule has 0 saturated carbocycles. The summed E-state index contributed by atoms with van der Waals surface area (Å²) in [4.78, 5) is 15.8. The van der Waals surface area contributed by atoms with Crippen LogP contribution in [0.2, 0.25) is 0 Å². The quantitative estimate of drug-likeness (QED) is 0.738. The van der Waals surface area contributed by atoms with Gasteiger partial charge in [-0.3, -0.25) is 4.57 Å². The number of fused-ring (bicyclic) bond motifs is 1. The number of aromatic nitrogens is 2. The van der Waals surface area contributed by atoms with Gasteiger partial charge in [-0.15, -0.1) is 0 Å². The summed E-state index contributed by atoms with van der Waals surface area (Å²) in [6.07, 6.45) is 1.94. The number of halogens is 2. The van der Waals surface area contributed by atoms with Crippen molar-refractivity contribution in [2.24, 2.45) is 0 Å². The number of benzene rings is 1. The number of aryl methyl sites for hydroxylation is 2. The predicted octanol–water partition coefficient (Wildman–Crippen LogP) is 2.51. The van der Waals surface area contributed by atoms with Crippen LogP contribution >= 0.6 is 0 Å².